The first-order chi connectivity index (χ1) is 8.31. The van der Waals surface area contributed by atoms with Gasteiger partial charge in [0, 0.05) is 12.2 Å². The van der Waals surface area contributed by atoms with E-state index in [1.54, 1.807) is 6.20 Å². The van der Waals surface area contributed by atoms with Crippen molar-refractivity contribution in [3.8, 4) is 6.07 Å². The number of hydrogen-bond acceptors (Lipinski definition) is 4. The standard InChI is InChI=1S/C13H18N4/c1-10-4-8-16-13(12(10)9-14)17-11-3-2-6-15-7-5-11/h4,8,11,15H,2-3,5-7H2,1H3,(H,16,17). The van der Waals surface area contributed by atoms with Crippen LogP contribution in [0.1, 0.15) is 30.4 Å². The van der Waals surface area contributed by atoms with E-state index in [0.29, 0.717) is 11.6 Å². The molecule has 1 atom stereocenters. The van der Waals surface area contributed by atoms with Crippen molar-refractivity contribution in [2.75, 3.05) is 18.4 Å². The number of nitrogens with one attached hydrogen (secondary N) is 2. The van der Waals surface area contributed by atoms with E-state index < -0.39 is 0 Å². The smallest absolute Gasteiger partial charge is 0.144 e. The Hall–Kier alpha value is -1.60. The molecule has 0 spiro atoms. The Bertz CT molecular complexity index is 414. The summed E-state index contributed by atoms with van der Waals surface area (Å²) in [6.07, 6.45) is 5.15. The van der Waals surface area contributed by atoms with Crippen LogP contribution in [-0.2, 0) is 0 Å². The van der Waals surface area contributed by atoms with Crippen LogP contribution in [0.5, 0.6) is 0 Å². The molecule has 2 rings (SSSR count). The quantitative estimate of drug-likeness (QED) is 0.813. The van der Waals surface area contributed by atoms with Crippen LogP contribution in [-0.4, -0.2) is 24.1 Å². The fourth-order valence-corrected chi connectivity index (χ4v) is 2.17. The molecule has 90 valence electrons. The van der Waals surface area contributed by atoms with E-state index in [1.807, 2.05) is 13.0 Å². The van der Waals surface area contributed by atoms with Crippen molar-refractivity contribution in [1.82, 2.24) is 10.3 Å². The molecule has 1 aliphatic rings. The average Bonchev–Trinajstić information content (AvgIpc) is 2.58. The predicted octanol–water partition coefficient (Wildman–Crippen LogP) is 1.82. The molecule has 0 aromatic carbocycles. The van der Waals surface area contributed by atoms with Crippen LogP contribution in [0.3, 0.4) is 0 Å². The van der Waals surface area contributed by atoms with Gasteiger partial charge in [0.15, 0.2) is 0 Å². The Kier molecular flexibility index (Phi) is 3.94. The van der Waals surface area contributed by atoms with Gasteiger partial charge in [-0.2, -0.15) is 5.26 Å². The Morgan fingerprint density at radius 1 is 1.47 bits per heavy atom. The maximum absolute atomic E-state index is 9.14. The predicted molar refractivity (Wildman–Crippen MR) is 67.8 cm³/mol. The molecule has 4 heteroatoms. The second-order valence-corrected chi connectivity index (χ2v) is 4.49. The highest BCUT2D eigenvalue weighted by Crippen LogP contribution is 2.18. The van der Waals surface area contributed by atoms with Crippen LogP contribution < -0.4 is 10.6 Å². The summed E-state index contributed by atoms with van der Waals surface area (Å²) in [5, 5.41) is 15.9. The van der Waals surface area contributed by atoms with Crippen LogP contribution in [0.4, 0.5) is 5.82 Å². The normalized spacial score (nSPS) is 20.4. The van der Waals surface area contributed by atoms with Crippen LogP contribution in [0.25, 0.3) is 0 Å². The summed E-state index contributed by atoms with van der Waals surface area (Å²) in [6.45, 7) is 4.07. The van der Waals surface area contributed by atoms with E-state index in [1.165, 1.54) is 6.42 Å². The highest BCUT2D eigenvalue weighted by atomic mass is 15.0. The maximum Gasteiger partial charge on any atom is 0.144 e. The molecule has 1 aliphatic heterocycles. The van der Waals surface area contributed by atoms with E-state index in [-0.39, 0.29) is 0 Å². The summed E-state index contributed by atoms with van der Waals surface area (Å²) in [7, 11) is 0. The van der Waals surface area contributed by atoms with Gasteiger partial charge in [-0.15, -0.1) is 0 Å². The summed E-state index contributed by atoms with van der Waals surface area (Å²) in [4.78, 5) is 4.28. The van der Waals surface area contributed by atoms with Crippen LogP contribution in [0.15, 0.2) is 12.3 Å². The third kappa shape index (κ3) is 2.95. The van der Waals surface area contributed by atoms with Crippen molar-refractivity contribution in [2.45, 2.75) is 32.2 Å². The van der Waals surface area contributed by atoms with Gasteiger partial charge in [0.05, 0.1) is 5.56 Å². The molecule has 0 amide bonds. The van der Waals surface area contributed by atoms with Crippen molar-refractivity contribution in [1.29, 1.82) is 5.26 Å². The fourth-order valence-electron chi connectivity index (χ4n) is 2.17. The first-order valence-corrected chi connectivity index (χ1v) is 6.14. The SMILES string of the molecule is Cc1ccnc(NC2CCCNCC2)c1C#N. The van der Waals surface area contributed by atoms with Gasteiger partial charge < -0.3 is 10.6 Å². The van der Waals surface area contributed by atoms with Gasteiger partial charge in [0.25, 0.3) is 0 Å². The molecule has 0 radical (unpaired) electrons. The molecule has 17 heavy (non-hydrogen) atoms. The zero-order valence-corrected chi connectivity index (χ0v) is 10.2. The number of rotatable bonds is 2. The summed E-state index contributed by atoms with van der Waals surface area (Å²) in [5.41, 5.74) is 1.65. The van der Waals surface area contributed by atoms with Crippen molar-refractivity contribution in [3.63, 3.8) is 0 Å². The molecule has 2 N–H and O–H groups in total. The first kappa shape index (κ1) is 11.9. The van der Waals surface area contributed by atoms with Crippen molar-refractivity contribution < 1.29 is 0 Å². The molecule has 0 saturated carbocycles. The molecule has 1 unspecified atom stereocenters. The lowest BCUT2D eigenvalue weighted by atomic mass is 10.1. The molecule has 0 aliphatic carbocycles. The number of anilines is 1. The van der Waals surface area contributed by atoms with E-state index in [4.69, 9.17) is 5.26 Å². The number of hydrogen-bond donors (Lipinski definition) is 2. The lowest BCUT2D eigenvalue weighted by molar-refractivity contribution is 0.634. The second kappa shape index (κ2) is 5.65. The number of aryl methyl sites for hydroxylation is 1. The van der Waals surface area contributed by atoms with Crippen LogP contribution in [0, 0.1) is 18.3 Å². The van der Waals surface area contributed by atoms with E-state index in [2.05, 4.69) is 21.7 Å². The summed E-state index contributed by atoms with van der Waals surface area (Å²) in [6, 6.07) is 4.52. The summed E-state index contributed by atoms with van der Waals surface area (Å²) in [5.74, 6) is 0.736. The van der Waals surface area contributed by atoms with Crippen molar-refractivity contribution in [2.24, 2.45) is 0 Å². The van der Waals surface area contributed by atoms with Gasteiger partial charge in [-0.05, 0) is 50.9 Å². The number of nitriles is 1. The van der Waals surface area contributed by atoms with Gasteiger partial charge in [-0.3, -0.25) is 0 Å². The first-order valence-electron chi connectivity index (χ1n) is 6.14. The Morgan fingerprint density at radius 3 is 3.18 bits per heavy atom. The number of pyridine rings is 1. The van der Waals surface area contributed by atoms with Gasteiger partial charge in [-0.1, -0.05) is 0 Å². The van der Waals surface area contributed by atoms with E-state index in [9.17, 15) is 0 Å². The third-order valence-corrected chi connectivity index (χ3v) is 3.19. The molecule has 1 aromatic heterocycles. The minimum absolute atomic E-state index is 0.423. The van der Waals surface area contributed by atoms with Crippen LogP contribution in [0.2, 0.25) is 0 Å². The average molecular weight is 230 g/mol. The van der Waals surface area contributed by atoms with E-state index >= 15 is 0 Å². The molecule has 2 heterocycles. The maximum atomic E-state index is 9.14. The van der Waals surface area contributed by atoms with Crippen molar-refractivity contribution >= 4 is 5.82 Å². The van der Waals surface area contributed by atoms with Gasteiger partial charge in [-0.25, -0.2) is 4.98 Å². The zero-order chi connectivity index (χ0) is 12.1. The molecular weight excluding hydrogens is 212 g/mol. The van der Waals surface area contributed by atoms with E-state index in [0.717, 1.165) is 37.3 Å². The summed E-state index contributed by atoms with van der Waals surface area (Å²) < 4.78 is 0. The molecule has 1 fully saturated rings. The summed E-state index contributed by atoms with van der Waals surface area (Å²) >= 11 is 0. The van der Waals surface area contributed by atoms with Gasteiger partial charge in [0.2, 0.25) is 0 Å². The lowest BCUT2D eigenvalue weighted by Gasteiger charge is -2.17. The molecule has 1 saturated heterocycles. The number of nitrogens with zero attached hydrogens (tertiary/aromatic N) is 2. The monoisotopic (exact) mass is 230 g/mol. The van der Waals surface area contributed by atoms with Crippen LogP contribution >= 0.6 is 0 Å². The molecule has 0 bridgehead atoms. The highest BCUT2D eigenvalue weighted by molar-refractivity contribution is 5.55. The molecular formula is C13H18N4. The number of aromatic nitrogens is 1. The molecule has 1 aromatic rings. The Balaban J connectivity index is 2.12. The molecule has 4 nitrogen and oxygen atoms in total. The fraction of sp³-hybridized carbons (Fsp3) is 0.538. The highest BCUT2D eigenvalue weighted by Gasteiger charge is 2.14. The van der Waals surface area contributed by atoms with Gasteiger partial charge in [0.1, 0.15) is 11.9 Å². The minimum Gasteiger partial charge on any atom is -0.366 e. The topological polar surface area (TPSA) is 60.7 Å². The second-order valence-electron chi connectivity index (χ2n) is 4.49. The Morgan fingerprint density at radius 2 is 2.35 bits per heavy atom. The lowest BCUT2D eigenvalue weighted by Crippen LogP contribution is -2.22. The van der Waals surface area contributed by atoms with Gasteiger partial charge >= 0.3 is 0 Å². The largest absolute Gasteiger partial charge is 0.366 e. The zero-order valence-electron chi connectivity index (χ0n) is 10.2. The Labute approximate surface area is 102 Å². The van der Waals surface area contributed by atoms with Crippen molar-refractivity contribution in [3.05, 3.63) is 23.4 Å². The third-order valence-electron chi connectivity index (χ3n) is 3.19. The minimum atomic E-state index is 0.423.